The number of H-pyrrole nitrogens is 1. The molecule has 24 heavy (non-hydrogen) atoms. The van der Waals surface area contributed by atoms with Crippen molar-refractivity contribution in [1.29, 1.82) is 0 Å². The molecule has 128 valence electrons. The van der Waals surface area contributed by atoms with E-state index in [1.54, 1.807) is 0 Å². The van der Waals surface area contributed by atoms with E-state index in [1.165, 1.54) is 49.1 Å². The lowest BCUT2D eigenvalue weighted by Crippen LogP contribution is -2.51. The first-order valence-corrected chi connectivity index (χ1v) is 9.14. The number of nitrogens with zero attached hydrogens (tertiary/aromatic N) is 4. The Bertz CT molecular complexity index is 720. The molecule has 2 aromatic rings. The van der Waals surface area contributed by atoms with Crippen LogP contribution in [0.4, 0.5) is 0 Å². The molecule has 0 unspecified atom stereocenters. The minimum Gasteiger partial charge on any atom is -0.348 e. The van der Waals surface area contributed by atoms with E-state index in [-0.39, 0.29) is 5.54 Å². The normalized spacial score (nSPS) is 20.2. The molecule has 1 N–H and O–H groups in total. The lowest BCUT2D eigenvalue weighted by molar-refractivity contribution is 0.0254. The summed E-state index contributed by atoms with van der Waals surface area (Å²) in [5.74, 6) is 0. The van der Waals surface area contributed by atoms with E-state index < -0.39 is 0 Å². The Balaban J connectivity index is 1.65. The maximum atomic E-state index is 4.75. The fourth-order valence-corrected chi connectivity index (χ4v) is 4.59. The third kappa shape index (κ3) is 2.51. The first kappa shape index (κ1) is 15.6. The van der Waals surface area contributed by atoms with Gasteiger partial charge in [0.05, 0.1) is 29.8 Å². The van der Waals surface area contributed by atoms with Gasteiger partial charge >= 0.3 is 0 Å². The molecule has 1 aliphatic heterocycles. The maximum absolute atomic E-state index is 4.75. The lowest BCUT2D eigenvalue weighted by Gasteiger charge is -2.48. The van der Waals surface area contributed by atoms with E-state index in [1.807, 2.05) is 17.1 Å². The van der Waals surface area contributed by atoms with Gasteiger partial charge in [0.1, 0.15) is 0 Å². The Morgan fingerprint density at radius 3 is 2.96 bits per heavy atom. The van der Waals surface area contributed by atoms with Crippen LogP contribution in [0.2, 0.25) is 0 Å². The number of imidazole rings is 1. The molecule has 1 spiro atoms. The zero-order chi connectivity index (χ0) is 16.6. The summed E-state index contributed by atoms with van der Waals surface area (Å²) < 4.78 is 2.00. The highest BCUT2D eigenvalue weighted by Gasteiger charge is 2.45. The van der Waals surface area contributed by atoms with Crippen LogP contribution in [0.15, 0.2) is 25.2 Å². The van der Waals surface area contributed by atoms with Gasteiger partial charge in [-0.05, 0) is 19.8 Å². The van der Waals surface area contributed by atoms with Gasteiger partial charge in [0.15, 0.2) is 0 Å². The predicted molar refractivity (Wildman–Crippen MR) is 94.6 cm³/mol. The van der Waals surface area contributed by atoms with Gasteiger partial charge in [0.25, 0.3) is 0 Å². The predicted octanol–water partition coefficient (Wildman–Crippen LogP) is 3.32. The van der Waals surface area contributed by atoms with Crippen molar-refractivity contribution in [3.63, 3.8) is 0 Å². The SMILES string of the molecule is C=CCn1cc(CN2CCc3[nH]cnc3C23CCCCC3)c(C)n1. The van der Waals surface area contributed by atoms with Crippen molar-refractivity contribution < 1.29 is 0 Å². The third-order valence-electron chi connectivity index (χ3n) is 5.80. The molecule has 0 bridgehead atoms. The van der Waals surface area contributed by atoms with E-state index in [0.717, 1.165) is 31.7 Å². The smallest absolute Gasteiger partial charge is 0.0926 e. The zero-order valence-electron chi connectivity index (χ0n) is 14.6. The largest absolute Gasteiger partial charge is 0.348 e. The topological polar surface area (TPSA) is 49.7 Å². The fraction of sp³-hybridized carbons (Fsp3) is 0.579. The number of nitrogens with one attached hydrogen (secondary N) is 1. The van der Waals surface area contributed by atoms with E-state index in [2.05, 4.69) is 34.7 Å². The minimum absolute atomic E-state index is 0.124. The quantitative estimate of drug-likeness (QED) is 0.877. The summed E-state index contributed by atoms with van der Waals surface area (Å²) in [6.07, 6.45) is 13.5. The van der Waals surface area contributed by atoms with Gasteiger partial charge in [-0.15, -0.1) is 6.58 Å². The van der Waals surface area contributed by atoms with Crippen molar-refractivity contribution in [3.8, 4) is 0 Å². The van der Waals surface area contributed by atoms with Crippen LogP contribution in [0.1, 0.15) is 54.7 Å². The Hall–Kier alpha value is -1.88. The molecule has 1 aliphatic carbocycles. The molecule has 3 heterocycles. The number of aromatic nitrogens is 4. The molecular formula is C19H27N5. The number of aryl methyl sites for hydroxylation is 1. The number of fused-ring (bicyclic) bond motifs is 2. The molecule has 4 rings (SSSR count). The van der Waals surface area contributed by atoms with Crippen LogP contribution in [0, 0.1) is 6.92 Å². The molecule has 0 amide bonds. The highest BCUT2D eigenvalue weighted by atomic mass is 15.3. The number of allylic oxidation sites excluding steroid dienone is 1. The number of aromatic amines is 1. The zero-order valence-corrected chi connectivity index (χ0v) is 14.6. The molecule has 2 aromatic heterocycles. The van der Waals surface area contributed by atoms with Crippen LogP contribution >= 0.6 is 0 Å². The van der Waals surface area contributed by atoms with Crippen LogP contribution in [0.25, 0.3) is 0 Å². The van der Waals surface area contributed by atoms with Crippen molar-refractivity contribution in [2.24, 2.45) is 0 Å². The van der Waals surface area contributed by atoms with Gasteiger partial charge in [0, 0.05) is 37.0 Å². The van der Waals surface area contributed by atoms with Crippen LogP contribution in [0.5, 0.6) is 0 Å². The lowest BCUT2D eigenvalue weighted by atomic mass is 9.75. The van der Waals surface area contributed by atoms with Crippen molar-refractivity contribution in [2.45, 2.75) is 64.1 Å². The fourth-order valence-electron chi connectivity index (χ4n) is 4.59. The summed E-state index contributed by atoms with van der Waals surface area (Å²) in [6, 6.07) is 0. The molecule has 1 saturated carbocycles. The summed E-state index contributed by atoms with van der Waals surface area (Å²) in [6.45, 7) is 8.77. The number of rotatable bonds is 4. The Kier molecular flexibility index (Phi) is 4.04. The van der Waals surface area contributed by atoms with E-state index in [4.69, 9.17) is 4.98 Å². The van der Waals surface area contributed by atoms with Gasteiger partial charge in [-0.3, -0.25) is 9.58 Å². The Morgan fingerprint density at radius 2 is 2.17 bits per heavy atom. The average molecular weight is 325 g/mol. The van der Waals surface area contributed by atoms with E-state index in [9.17, 15) is 0 Å². The van der Waals surface area contributed by atoms with Crippen molar-refractivity contribution in [3.05, 3.63) is 47.8 Å². The molecule has 0 radical (unpaired) electrons. The van der Waals surface area contributed by atoms with Crippen molar-refractivity contribution >= 4 is 0 Å². The van der Waals surface area contributed by atoms with Gasteiger partial charge in [-0.1, -0.05) is 25.3 Å². The monoisotopic (exact) mass is 325 g/mol. The first-order chi connectivity index (χ1) is 11.7. The molecule has 0 atom stereocenters. The van der Waals surface area contributed by atoms with Crippen LogP contribution in [0.3, 0.4) is 0 Å². The summed E-state index contributed by atoms with van der Waals surface area (Å²) in [5, 5.41) is 4.63. The minimum atomic E-state index is 0.124. The highest BCUT2D eigenvalue weighted by molar-refractivity contribution is 5.27. The van der Waals surface area contributed by atoms with Crippen LogP contribution < -0.4 is 0 Å². The second-order valence-corrected chi connectivity index (χ2v) is 7.24. The summed E-state index contributed by atoms with van der Waals surface area (Å²) in [4.78, 5) is 10.8. The Morgan fingerprint density at radius 1 is 1.33 bits per heavy atom. The van der Waals surface area contributed by atoms with Crippen LogP contribution in [-0.2, 0) is 25.0 Å². The second-order valence-electron chi connectivity index (χ2n) is 7.24. The molecular weight excluding hydrogens is 298 g/mol. The van der Waals surface area contributed by atoms with Crippen LogP contribution in [-0.4, -0.2) is 31.2 Å². The standard InChI is InChI=1S/C19H27N5/c1-3-10-24-13-16(15(2)22-24)12-23-11-7-17-18(21-14-20-17)19(23)8-5-4-6-9-19/h3,13-14H,1,4-12H2,2H3,(H,20,21). The Labute approximate surface area is 143 Å². The van der Waals surface area contributed by atoms with Gasteiger partial charge in [0.2, 0.25) is 0 Å². The van der Waals surface area contributed by atoms with E-state index in [0.29, 0.717) is 0 Å². The van der Waals surface area contributed by atoms with Gasteiger partial charge in [-0.2, -0.15) is 5.10 Å². The second kappa shape index (κ2) is 6.20. The average Bonchev–Trinajstić information content (AvgIpc) is 3.19. The number of hydrogen-bond donors (Lipinski definition) is 1. The molecule has 0 aromatic carbocycles. The summed E-state index contributed by atoms with van der Waals surface area (Å²) in [5.41, 5.74) is 5.26. The summed E-state index contributed by atoms with van der Waals surface area (Å²) in [7, 11) is 0. The van der Waals surface area contributed by atoms with Crippen molar-refractivity contribution in [2.75, 3.05) is 6.54 Å². The first-order valence-electron chi connectivity index (χ1n) is 9.14. The maximum Gasteiger partial charge on any atom is 0.0926 e. The molecule has 5 nitrogen and oxygen atoms in total. The highest BCUT2D eigenvalue weighted by Crippen LogP contribution is 2.45. The molecule has 0 saturated heterocycles. The molecule has 1 fully saturated rings. The third-order valence-corrected chi connectivity index (χ3v) is 5.80. The van der Waals surface area contributed by atoms with Crippen molar-refractivity contribution in [1.82, 2.24) is 24.6 Å². The summed E-state index contributed by atoms with van der Waals surface area (Å²) >= 11 is 0. The molecule has 2 aliphatic rings. The van der Waals surface area contributed by atoms with Gasteiger partial charge in [-0.25, -0.2) is 4.98 Å². The van der Waals surface area contributed by atoms with Gasteiger partial charge < -0.3 is 4.98 Å². The van der Waals surface area contributed by atoms with E-state index >= 15 is 0 Å². The number of hydrogen-bond acceptors (Lipinski definition) is 3. The molecule has 5 heteroatoms.